The van der Waals surface area contributed by atoms with E-state index in [0.717, 1.165) is 25.3 Å². The van der Waals surface area contributed by atoms with Crippen LogP contribution in [-0.4, -0.2) is 11.0 Å². The molecule has 2 aromatic rings. The van der Waals surface area contributed by atoms with Gasteiger partial charge in [-0.2, -0.15) is 0 Å². The van der Waals surface area contributed by atoms with Crippen molar-refractivity contribution in [3.8, 4) is 5.75 Å². The van der Waals surface area contributed by atoms with Gasteiger partial charge >= 0.3 is 0 Å². The maximum absolute atomic E-state index is 13.2. The quantitative estimate of drug-likeness (QED) is 0.823. The number of aryl methyl sites for hydroxylation is 2. The fraction of sp³-hybridized carbons (Fsp3) is 0.188. The standard InChI is InChI=1S/C16H14FNO2/c17-14-9-13(6-7-15(14)19)18-16(20)12-5-4-10-2-1-3-11(10)8-12/h4-9,19H,1-3H2,(H,18,20). The Labute approximate surface area is 116 Å². The van der Waals surface area contributed by atoms with Crippen LogP contribution in [0.1, 0.15) is 27.9 Å². The van der Waals surface area contributed by atoms with Gasteiger partial charge in [-0.1, -0.05) is 6.07 Å². The minimum atomic E-state index is -0.753. The number of rotatable bonds is 2. The van der Waals surface area contributed by atoms with Crippen LogP contribution in [0.2, 0.25) is 0 Å². The molecule has 0 unspecified atom stereocenters. The van der Waals surface area contributed by atoms with Crippen molar-refractivity contribution >= 4 is 11.6 Å². The Bertz CT molecular complexity index is 682. The molecular weight excluding hydrogens is 257 g/mol. The molecule has 0 atom stereocenters. The summed E-state index contributed by atoms with van der Waals surface area (Å²) in [5.41, 5.74) is 3.41. The average Bonchev–Trinajstić information content (AvgIpc) is 2.90. The molecule has 20 heavy (non-hydrogen) atoms. The predicted octanol–water partition coefficient (Wildman–Crippen LogP) is 3.27. The Morgan fingerprint density at radius 2 is 1.90 bits per heavy atom. The Morgan fingerprint density at radius 3 is 2.70 bits per heavy atom. The minimum absolute atomic E-state index is 0.273. The van der Waals surface area contributed by atoms with Gasteiger partial charge in [0.1, 0.15) is 0 Å². The normalized spacial score (nSPS) is 13.1. The summed E-state index contributed by atoms with van der Waals surface area (Å²) in [5, 5.41) is 11.7. The molecule has 0 saturated heterocycles. The summed E-state index contributed by atoms with van der Waals surface area (Å²) in [6.45, 7) is 0. The molecule has 4 heteroatoms. The number of anilines is 1. The van der Waals surface area contributed by atoms with E-state index in [0.29, 0.717) is 11.3 Å². The molecule has 0 saturated carbocycles. The Hall–Kier alpha value is -2.36. The summed E-state index contributed by atoms with van der Waals surface area (Å²) in [7, 11) is 0. The second kappa shape index (κ2) is 4.96. The van der Waals surface area contributed by atoms with Gasteiger partial charge < -0.3 is 10.4 Å². The lowest BCUT2D eigenvalue weighted by Gasteiger charge is -2.07. The molecule has 0 radical (unpaired) electrons. The molecular formula is C16H14FNO2. The first-order chi connectivity index (χ1) is 9.63. The third-order valence-corrected chi connectivity index (χ3v) is 3.57. The van der Waals surface area contributed by atoms with Crippen LogP contribution in [0.25, 0.3) is 0 Å². The van der Waals surface area contributed by atoms with Crippen LogP contribution in [0.15, 0.2) is 36.4 Å². The maximum Gasteiger partial charge on any atom is 0.255 e. The fourth-order valence-electron chi connectivity index (χ4n) is 2.50. The largest absolute Gasteiger partial charge is 0.505 e. The lowest BCUT2D eigenvalue weighted by Crippen LogP contribution is -2.12. The van der Waals surface area contributed by atoms with E-state index in [4.69, 9.17) is 5.11 Å². The zero-order valence-corrected chi connectivity index (χ0v) is 10.8. The number of amides is 1. The van der Waals surface area contributed by atoms with E-state index in [9.17, 15) is 9.18 Å². The van der Waals surface area contributed by atoms with E-state index in [2.05, 4.69) is 5.32 Å². The number of fused-ring (bicyclic) bond motifs is 1. The van der Waals surface area contributed by atoms with E-state index in [1.807, 2.05) is 12.1 Å². The van der Waals surface area contributed by atoms with Crippen molar-refractivity contribution in [1.29, 1.82) is 0 Å². The van der Waals surface area contributed by atoms with Gasteiger partial charge in [0.2, 0.25) is 0 Å². The number of nitrogens with one attached hydrogen (secondary N) is 1. The minimum Gasteiger partial charge on any atom is -0.505 e. The van der Waals surface area contributed by atoms with Crippen molar-refractivity contribution in [2.45, 2.75) is 19.3 Å². The summed E-state index contributed by atoms with van der Waals surface area (Å²) in [5.74, 6) is -1.46. The summed E-state index contributed by atoms with van der Waals surface area (Å²) in [6.07, 6.45) is 3.20. The van der Waals surface area contributed by atoms with Gasteiger partial charge in [0.15, 0.2) is 11.6 Å². The van der Waals surface area contributed by atoms with Crippen molar-refractivity contribution in [3.05, 3.63) is 58.9 Å². The second-order valence-corrected chi connectivity index (χ2v) is 4.96. The third kappa shape index (κ3) is 2.37. The van der Waals surface area contributed by atoms with Crippen molar-refractivity contribution < 1.29 is 14.3 Å². The number of hydrogen-bond acceptors (Lipinski definition) is 2. The second-order valence-electron chi connectivity index (χ2n) is 4.96. The molecule has 3 rings (SSSR count). The highest BCUT2D eigenvalue weighted by atomic mass is 19.1. The lowest BCUT2D eigenvalue weighted by atomic mass is 10.1. The Balaban J connectivity index is 1.80. The van der Waals surface area contributed by atoms with E-state index in [1.54, 1.807) is 6.07 Å². The monoisotopic (exact) mass is 271 g/mol. The highest BCUT2D eigenvalue weighted by Crippen LogP contribution is 2.24. The SMILES string of the molecule is O=C(Nc1ccc(O)c(F)c1)c1ccc2c(c1)CCC2. The number of benzene rings is 2. The number of hydrogen-bond donors (Lipinski definition) is 2. The molecule has 3 nitrogen and oxygen atoms in total. The van der Waals surface area contributed by atoms with Crippen LogP contribution in [0.4, 0.5) is 10.1 Å². The molecule has 1 aliphatic carbocycles. The highest BCUT2D eigenvalue weighted by Gasteiger charge is 2.14. The van der Waals surface area contributed by atoms with Gasteiger partial charge in [-0.15, -0.1) is 0 Å². The van der Waals surface area contributed by atoms with E-state index >= 15 is 0 Å². The summed E-state index contributed by atoms with van der Waals surface area (Å²) in [4.78, 5) is 12.1. The van der Waals surface area contributed by atoms with Gasteiger partial charge in [-0.3, -0.25) is 4.79 Å². The Morgan fingerprint density at radius 1 is 1.10 bits per heavy atom. The topological polar surface area (TPSA) is 49.3 Å². The number of carbonyl (C=O) groups excluding carboxylic acids is 1. The first kappa shape index (κ1) is 12.7. The predicted molar refractivity (Wildman–Crippen MR) is 74.5 cm³/mol. The third-order valence-electron chi connectivity index (χ3n) is 3.57. The molecule has 0 heterocycles. The highest BCUT2D eigenvalue weighted by molar-refractivity contribution is 6.04. The molecule has 2 N–H and O–H groups in total. The van der Waals surface area contributed by atoms with Crippen LogP contribution in [0.3, 0.4) is 0 Å². The lowest BCUT2D eigenvalue weighted by molar-refractivity contribution is 0.102. The molecule has 0 bridgehead atoms. The first-order valence-electron chi connectivity index (χ1n) is 6.55. The number of phenolic OH excluding ortho intramolecular Hbond substituents is 1. The molecule has 0 fully saturated rings. The molecule has 1 amide bonds. The van der Waals surface area contributed by atoms with Crippen LogP contribution >= 0.6 is 0 Å². The van der Waals surface area contributed by atoms with Gasteiger partial charge in [0.05, 0.1) is 0 Å². The number of carbonyl (C=O) groups is 1. The van der Waals surface area contributed by atoms with E-state index in [-0.39, 0.29) is 5.91 Å². The summed E-state index contributed by atoms with van der Waals surface area (Å²) in [6, 6.07) is 9.44. The van der Waals surface area contributed by atoms with E-state index < -0.39 is 11.6 Å². The number of halogens is 1. The molecule has 0 aliphatic heterocycles. The van der Waals surface area contributed by atoms with Crippen LogP contribution in [0.5, 0.6) is 5.75 Å². The van der Waals surface area contributed by atoms with Gasteiger partial charge in [-0.05, 0) is 54.7 Å². The van der Waals surface area contributed by atoms with Crippen LogP contribution < -0.4 is 5.32 Å². The zero-order chi connectivity index (χ0) is 14.1. The van der Waals surface area contributed by atoms with Gasteiger partial charge in [-0.25, -0.2) is 4.39 Å². The average molecular weight is 271 g/mol. The van der Waals surface area contributed by atoms with Gasteiger partial charge in [0.25, 0.3) is 5.91 Å². The number of aromatic hydroxyl groups is 1. The zero-order valence-electron chi connectivity index (χ0n) is 10.8. The van der Waals surface area contributed by atoms with E-state index in [1.165, 1.54) is 23.3 Å². The van der Waals surface area contributed by atoms with Crippen molar-refractivity contribution in [3.63, 3.8) is 0 Å². The smallest absolute Gasteiger partial charge is 0.255 e. The van der Waals surface area contributed by atoms with Crippen LogP contribution in [0, 0.1) is 5.82 Å². The fourth-order valence-corrected chi connectivity index (χ4v) is 2.50. The van der Waals surface area contributed by atoms with Crippen molar-refractivity contribution in [2.75, 3.05) is 5.32 Å². The summed E-state index contributed by atoms with van der Waals surface area (Å²) >= 11 is 0. The van der Waals surface area contributed by atoms with Crippen molar-refractivity contribution in [1.82, 2.24) is 0 Å². The Kier molecular flexibility index (Phi) is 3.14. The summed E-state index contributed by atoms with van der Waals surface area (Å²) < 4.78 is 13.2. The molecule has 0 spiro atoms. The molecule has 102 valence electrons. The number of phenols is 1. The molecule has 2 aromatic carbocycles. The van der Waals surface area contributed by atoms with Crippen LogP contribution in [-0.2, 0) is 12.8 Å². The van der Waals surface area contributed by atoms with Gasteiger partial charge in [0, 0.05) is 17.3 Å². The maximum atomic E-state index is 13.2. The molecule has 1 aliphatic rings. The molecule has 0 aromatic heterocycles. The first-order valence-corrected chi connectivity index (χ1v) is 6.55. The van der Waals surface area contributed by atoms with Crippen molar-refractivity contribution in [2.24, 2.45) is 0 Å².